The molecule has 0 aliphatic heterocycles. The van der Waals surface area contributed by atoms with Gasteiger partial charge < -0.3 is 15.3 Å². The number of hydrogen-bond donors (Lipinski definition) is 3. The molecule has 6 nitrogen and oxygen atoms in total. The van der Waals surface area contributed by atoms with Crippen LogP contribution in [0, 0.1) is 0 Å². The molecule has 0 saturated carbocycles. The van der Waals surface area contributed by atoms with Crippen molar-refractivity contribution in [1.29, 1.82) is 0 Å². The van der Waals surface area contributed by atoms with E-state index in [4.69, 9.17) is 5.11 Å². The van der Waals surface area contributed by atoms with Crippen LogP contribution in [0.5, 0.6) is 5.75 Å². The van der Waals surface area contributed by atoms with Gasteiger partial charge in [0.2, 0.25) is 0 Å². The maximum Gasteiger partial charge on any atom is 0.325 e. The predicted molar refractivity (Wildman–Crippen MR) is 68.0 cm³/mol. The first-order valence-corrected chi connectivity index (χ1v) is 5.93. The van der Waals surface area contributed by atoms with E-state index in [9.17, 15) is 19.8 Å². The molecule has 0 aliphatic carbocycles. The van der Waals surface area contributed by atoms with Gasteiger partial charge in [0, 0.05) is 6.54 Å². The predicted octanol–water partition coefficient (Wildman–Crippen LogP) is 1.31. The first-order valence-electron chi connectivity index (χ1n) is 5.93. The van der Waals surface area contributed by atoms with E-state index >= 15 is 0 Å². The van der Waals surface area contributed by atoms with Crippen molar-refractivity contribution in [2.24, 2.45) is 0 Å². The van der Waals surface area contributed by atoms with Crippen molar-refractivity contribution >= 4 is 11.9 Å². The molecule has 0 amide bonds. The molecule has 104 valence electrons. The number of aromatic hydroxyl groups is 1. The standard InChI is InChI=1S/C13H17NO5/c1-2-14(7-6-11(16)17)12(13(18)19)9-4-3-5-10(15)8-9/h3-5,8,12,15H,2,6-7H2,1H3,(H,16,17)(H,18,19). The van der Waals surface area contributed by atoms with Gasteiger partial charge in [-0.25, -0.2) is 0 Å². The number of carboxylic acid groups (broad SMARTS) is 2. The van der Waals surface area contributed by atoms with E-state index in [0.29, 0.717) is 12.1 Å². The number of aliphatic carboxylic acids is 2. The molecule has 3 N–H and O–H groups in total. The molecular weight excluding hydrogens is 250 g/mol. The third-order valence-electron chi connectivity index (χ3n) is 2.80. The van der Waals surface area contributed by atoms with Gasteiger partial charge in [0.1, 0.15) is 11.8 Å². The lowest BCUT2D eigenvalue weighted by Crippen LogP contribution is -2.35. The second-order valence-electron chi connectivity index (χ2n) is 4.11. The molecule has 0 aromatic heterocycles. The van der Waals surface area contributed by atoms with Crippen LogP contribution in [-0.2, 0) is 9.59 Å². The first-order chi connectivity index (χ1) is 8.95. The van der Waals surface area contributed by atoms with Crippen LogP contribution in [0.25, 0.3) is 0 Å². The molecule has 0 heterocycles. The highest BCUT2D eigenvalue weighted by Gasteiger charge is 2.26. The summed E-state index contributed by atoms with van der Waals surface area (Å²) in [5.74, 6) is -2.06. The highest BCUT2D eigenvalue weighted by molar-refractivity contribution is 5.76. The molecule has 0 bridgehead atoms. The van der Waals surface area contributed by atoms with E-state index in [0.717, 1.165) is 0 Å². The fraction of sp³-hybridized carbons (Fsp3) is 0.385. The summed E-state index contributed by atoms with van der Waals surface area (Å²) in [6.07, 6.45) is -0.129. The second kappa shape index (κ2) is 6.75. The van der Waals surface area contributed by atoms with Crippen LogP contribution in [0.4, 0.5) is 0 Å². The molecule has 0 radical (unpaired) electrons. The average molecular weight is 267 g/mol. The van der Waals surface area contributed by atoms with E-state index < -0.39 is 18.0 Å². The average Bonchev–Trinajstić information content (AvgIpc) is 2.33. The lowest BCUT2D eigenvalue weighted by atomic mass is 10.0. The lowest BCUT2D eigenvalue weighted by molar-refractivity contribution is -0.145. The minimum absolute atomic E-state index is 0.0157. The number of phenols is 1. The van der Waals surface area contributed by atoms with E-state index in [1.165, 1.54) is 12.1 Å². The number of nitrogens with zero attached hydrogens (tertiary/aromatic N) is 1. The lowest BCUT2D eigenvalue weighted by Gasteiger charge is -2.27. The normalized spacial score (nSPS) is 12.3. The summed E-state index contributed by atoms with van der Waals surface area (Å²) in [5, 5.41) is 27.4. The van der Waals surface area contributed by atoms with Gasteiger partial charge in [-0.1, -0.05) is 19.1 Å². The van der Waals surface area contributed by atoms with Crippen molar-refractivity contribution in [3.8, 4) is 5.75 Å². The number of carbonyl (C=O) groups is 2. The van der Waals surface area contributed by atoms with E-state index in [-0.39, 0.29) is 18.7 Å². The molecule has 1 unspecified atom stereocenters. The highest BCUT2D eigenvalue weighted by atomic mass is 16.4. The van der Waals surface area contributed by atoms with Crippen molar-refractivity contribution in [3.05, 3.63) is 29.8 Å². The maximum absolute atomic E-state index is 11.4. The molecule has 1 aromatic rings. The Balaban J connectivity index is 2.97. The Labute approximate surface area is 110 Å². The Kier molecular flexibility index (Phi) is 5.32. The zero-order chi connectivity index (χ0) is 14.4. The van der Waals surface area contributed by atoms with Gasteiger partial charge in [0.05, 0.1) is 6.42 Å². The smallest absolute Gasteiger partial charge is 0.325 e. The molecule has 0 aliphatic rings. The van der Waals surface area contributed by atoms with Crippen LogP contribution in [0.1, 0.15) is 24.9 Å². The van der Waals surface area contributed by atoms with Crippen LogP contribution in [0.15, 0.2) is 24.3 Å². The van der Waals surface area contributed by atoms with Gasteiger partial charge in [-0.15, -0.1) is 0 Å². The molecule has 19 heavy (non-hydrogen) atoms. The maximum atomic E-state index is 11.4. The quantitative estimate of drug-likeness (QED) is 0.689. The van der Waals surface area contributed by atoms with Gasteiger partial charge in [-0.3, -0.25) is 14.5 Å². The first kappa shape index (κ1) is 15.0. The Morgan fingerprint density at radius 2 is 2.00 bits per heavy atom. The highest BCUT2D eigenvalue weighted by Crippen LogP contribution is 2.24. The number of phenolic OH excluding ortho intramolecular Hbond substituents is 1. The summed E-state index contributed by atoms with van der Waals surface area (Å²) in [4.78, 5) is 23.5. The number of rotatable bonds is 7. The van der Waals surface area contributed by atoms with Crippen LogP contribution in [0.3, 0.4) is 0 Å². The fourth-order valence-electron chi connectivity index (χ4n) is 1.91. The molecule has 1 aromatic carbocycles. The molecule has 6 heteroatoms. The van der Waals surface area contributed by atoms with Gasteiger partial charge in [-0.05, 0) is 24.2 Å². The van der Waals surface area contributed by atoms with E-state index in [1.807, 2.05) is 0 Å². The summed E-state index contributed by atoms with van der Waals surface area (Å²) in [7, 11) is 0. The number of benzene rings is 1. The minimum atomic E-state index is -1.07. The number of hydrogen-bond acceptors (Lipinski definition) is 4. The van der Waals surface area contributed by atoms with Crippen LogP contribution >= 0.6 is 0 Å². The van der Waals surface area contributed by atoms with Crippen molar-refractivity contribution in [2.45, 2.75) is 19.4 Å². The number of carboxylic acids is 2. The SMILES string of the molecule is CCN(CCC(=O)O)C(C(=O)O)c1cccc(O)c1. The van der Waals surface area contributed by atoms with Crippen LogP contribution in [0.2, 0.25) is 0 Å². The largest absolute Gasteiger partial charge is 0.508 e. The summed E-state index contributed by atoms with van der Waals surface area (Å²) < 4.78 is 0. The van der Waals surface area contributed by atoms with Gasteiger partial charge >= 0.3 is 11.9 Å². The Morgan fingerprint density at radius 3 is 2.47 bits per heavy atom. The van der Waals surface area contributed by atoms with Crippen LogP contribution < -0.4 is 0 Å². The molecule has 1 atom stereocenters. The second-order valence-corrected chi connectivity index (χ2v) is 4.11. The topological polar surface area (TPSA) is 98.1 Å². The zero-order valence-electron chi connectivity index (χ0n) is 10.6. The van der Waals surface area contributed by atoms with Crippen molar-refractivity contribution in [1.82, 2.24) is 4.90 Å². The van der Waals surface area contributed by atoms with E-state index in [1.54, 1.807) is 24.0 Å². The van der Waals surface area contributed by atoms with Gasteiger partial charge in [0.25, 0.3) is 0 Å². The van der Waals surface area contributed by atoms with Crippen molar-refractivity contribution in [3.63, 3.8) is 0 Å². The summed E-state index contributed by atoms with van der Waals surface area (Å²) in [6, 6.07) is 5.03. The molecular formula is C13H17NO5. The molecule has 0 fully saturated rings. The van der Waals surface area contributed by atoms with Crippen LogP contribution in [-0.4, -0.2) is 45.2 Å². The molecule has 0 saturated heterocycles. The molecule has 1 rings (SSSR count). The van der Waals surface area contributed by atoms with Crippen molar-refractivity contribution in [2.75, 3.05) is 13.1 Å². The summed E-state index contributed by atoms with van der Waals surface area (Å²) >= 11 is 0. The zero-order valence-corrected chi connectivity index (χ0v) is 10.6. The molecule has 0 spiro atoms. The fourth-order valence-corrected chi connectivity index (χ4v) is 1.91. The van der Waals surface area contributed by atoms with Gasteiger partial charge in [0.15, 0.2) is 0 Å². The van der Waals surface area contributed by atoms with Crippen molar-refractivity contribution < 1.29 is 24.9 Å². The summed E-state index contributed by atoms with van der Waals surface area (Å²) in [6.45, 7) is 2.30. The van der Waals surface area contributed by atoms with Gasteiger partial charge in [-0.2, -0.15) is 0 Å². The Bertz CT molecular complexity index is 460. The Hall–Kier alpha value is -2.08. The summed E-state index contributed by atoms with van der Waals surface area (Å²) in [5.41, 5.74) is 0.430. The number of likely N-dealkylation sites (N-methyl/N-ethyl adjacent to an activating group) is 1. The third kappa shape index (κ3) is 4.26. The Morgan fingerprint density at radius 1 is 1.32 bits per heavy atom. The monoisotopic (exact) mass is 267 g/mol. The third-order valence-corrected chi connectivity index (χ3v) is 2.80. The minimum Gasteiger partial charge on any atom is -0.508 e. The van der Waals surface area contributed by atoms with E-state index in [2.05, 4.69) is 0 Å².